The third-order valence-corrected chi connectivity index (χ3v) is 7.73. The predicted octanol–water partition coefficient (Wildman–Crippen LogP) is 6.19. The smallest absolute Gasteiger partial charge is 0.337 e. The number of carbonyl (C=O) groups is 2. The van der Waals surface area contributed by atoms with Gasteiger partial charge in [0.15, 0.2) is 28.8 Å². The van der Waals surface area contributed by atoms with Crippen LogP contribution in [0.25, 0.3) is 0 Å². The fraction of sp³-hybridized carbons (Fsp3) is 0.419. The summed E-state index contributed by atoms with van der Waals surface area (Å²) in [6, 6.07) is 9.47. The second kappa shape index (κ2) is 12.4. The van der Waals surface area contributed by atoms with Crippen LogP contribution < -0.4 is 24.3 Å². The second-order valence-electron chi connectivity index (χ2n) is 10.1. The number of Topliss-reactive ketones (excluding diaryl/α,β-unsaturated/α-hetero) is 1. The van der Waals surface area contributed by atoms with E-state index >= 15 is 0 Å². The first kappa shape index (κ1) is 29.5. The molecule has 1 aliphatic carbocycles. The van der Waals surface area contributed by atoms with E-state index < -0.39 is 11.9 Å². The predicted molar refractivity (Wildman–Crippen MR) is 155 cm³/mol. The zero-order chi connectivity index (χ0) is 29.1. The molecule has 2 aliphatic rings. The Balaban J connectivity index is 1.85. The highest BCUT2D eigenvalue weighted by Crippen LogP contribution is 2.49. The van der Waals surface area contributed by atoms with Gasteiger partial charge in [-0.25, -0.2) is 4.79 Å². The average molecular weight is 615 g/mol. The van der Waals surface area contributed by atoms with Gasteiger partial charge in [0.25, 0.3) is 0 Å². The van der Waals surface area contributed by atoms with Crippen LogP contribution in [0.5, 0.6) is 23.0 Å². The Hall–Kier alpha value is -3.46. The van der Waals surface area contributed by atoms with Gasteiger partial charge in [0, 0.05) is 29.3 Å². The van der Waals surface area contributed by atoms with Crippen LogP contribution in [0.3, 0.4) is 0 Å². The van der Waals surface area contributed by atoms with Gasteiger partial charge in [-0.05, 0) is 91.4 Å². The molecule has 4 rings (SSSR count). The lowest BCUT2D eigenvalue weighted by Crippen LogP contribution is -2.36. The van der Waals surface area contributed by atoms with Crippen LogP contribution in [-0.2, 0) is 14.3 Å². The SMILES string of the molecule is CCOc1cc([C@H]2C(C(=O)OC(C)C)=C(C)NC3=C2C(=O)C[C@@H](c2ccc(OC)c(OC)c2)C3)cc(Br)c1OC. The molecule has 0 fully saturated rings. The van der Waals surface area contributed by atoms with Crippen LogP contribution in [0.4, 0.5) is 0 Å². The van der Waals surface area contributed by atoms with Crippen LogP contribution >= 0.6 is 15.9 Å². The zero-order valence-corrected chi connectivity index (χ0v) is 25.6. The van der Waals surface area contributed by atoms with Gasteiger partial charge in [0.1, 0.15) is 0 Å². The first-order chi connectivity index (χ1) is 19.1. The van der Waals surface area contributed by atoms with Crippen molar-refractivity contribution in [3.8, 4) is 23.0 Å². The topological polar surface area (TPSA) is 92.3 Å². The molecule has 1 heterocycles. The number of dihydropyridines is 1. The van der Waals surface area contributed by atoms with E-state index in [0.717, 1.165) is 16.8 Å². The van der Waals surface area contributed by atoms with Crippen molar-refractivity contribution < 1.29 is 33.3 Å². The van der Waals surface area contributed by atoms with E-state index in [1.807, 2.05) is 44.2 Å². The molecule has 0 spiro atoms. The summed E-state index contributed by atoms with van der Waals surface area (Å²) in [6.45, 7) is 7.77. The highest BCUT2D eigenvalue weighted by molar-refractivity contribution is 9.10. The Morgan fingerprint density at radius 3 is 2.33 bits per heavy atom. The minimum atomic E-state index is -0.636. The number of rotatable bonds is 9. The molecule has 40 heavy (non-hydrogen) atoms. The Morgan fingerprint density at radius 2 is 1.70 bits per heavy atom. The highest BCUT2D eigenvalue weighted by atomic mass is 79.9. The summed E-state index contributed by atoms with van der Waals surface area (Å²) in [4.78, 5) is 27.5. The van der Waals surface area contributed by atoms with E-state index in [0.29, 0.717) is 57.3 Å². The number of benzene rings is 2. The largest absolute Gasteiger partial charge is 0.493 e. The zero-order valence-electron chi connectivity index (χ0n) is 24.0. The van der Waals surface area contributed by atoms with Gasteiger partial charge in [0.2, 0.25) is 0 Å². The number of methoxy groups -OCH3 is 3. The maximum atomic E-state index is 14.0. The third-order valence-electron chi connectivity index (χ3n) is 7.14. The molecule has 9 heteroatoms. The van der Waals surface area contributed by atoms with Crippen molar-refractivity contribution in [2.45, 2.75) is 58.5 Å². The fourth-order valence-electron chi connectivity index (χ4n) is 5.48. The fourth-order valence-corrected chi connectivity index (χ4v) is 6.10. The van der Waals surface area contributed by atoms with Crippen LogP contribution in [0.2, 0.25) is 0 Å². The molecule has 0 amide bonds. The molecule has 214 valence electrons. The summed E-state index contributed by atoms with van der Waals surface area (Å²) in [6.07, 6.45) is 0.558. The number of halogens is 1. The molecular formula is C31H36BrNO7. The molecule has 2 aromatic rings. The molecule has 0 bridgehead atoms. The number of hydrogen-bond donors (Lipinski definition) is 1. The monoisotopic (exact) mass is 613 g/mol. The van der Waals surface area contributed by atoms with Gasteiger partial charge in [0.05, 0.1) is 44.1 Å². The maximum absolute atomic E-state index is 14.0. The van der Waals surface area contributed by atoms with Gasteiger partial charge in [-0.2, -0.15) is 0 Å². The maximum Gasteiger partial charge on any atom is 0.337 e. The van der Waals surface area contributed by atoms with Gasteiger partial charge < -0.3 is 29.0 Å². The van der Waals surface area contributed by atoms with E-state index in [1.54, 1.807) is 35.2 Å². The van der Waals surface area contributed by atoms with E-state index in [1.165, 1.54) is 0 Å². The van der Waals surface area contributed by atoms with E-state index in [9.17, 15) is 9.59 Å². The lowest BCUT2D eigenvalue weighted by molar-refractivity contribution is -0.143. The number of nitrogens with one attached hydrogen (secondary N) is 1. The van der Waals surface area contributed by atoms with E-state index in [2.05, 4.69) is 21.2 Å². The van der Waals surface area contributed by atoms with Gasteiger partial charge in [-0.15, -0.1) is 0 Å². The molecule has 0 unspecified atom stereocenters. The lowest BCUT2D eigenvalue weighted by atomic mass is 9.71. The number of ether oxygens (including phenoxy) is 5. The van der Waals surface area contributed by atoms with Crippen LogP contribution in [0.1, 0.15) is 63.5 Å². The van der Waals surface area contributed by atoms with Crippen LogP contribution in [0, 0.1) is 0 Å². The summed E-state index contributed by atoms with van der Waals surface area (Å²) >= 11 is 3.60. The first-order valence-corrected chi connectivity index (χ1v) is 14.1. The Bertz CT molecular complexity index is 1380. The molecule has 2 atom stereocenters. The van der Waals surface area contributed by atoms with Crippen molar-refractivity contribution in [3.63, 3.8) is 0 Å². The summed E-state index contributed by atoms with van der Waals surface area (Å²) in [5.74, 6) is 1.11. The Kier molecular flexibility index (Phi) is 9.13. The average Bonchev–Trinajstić information content (AvgIpc) is 2.91. The lowest BCUT2D eigenvalue weighted by Gasteiger charge is -2.37. The molecule has 0 saturated carbocycles. The number of allylic oxidation sites excluding steroid dienone is 3. The summed E-state index contributed by atoms with van der Waals surface area (Å²) in [5, 5.41) is 3.39. The van der Waals surface area contributed by atoms with Gasteiger partial charge >= 0.3 is 5.97 Å². The molecule has 1 aliphatic heterocycles. The minimum absolute atomic E-state index is 0.0363. The van der Waals surface area contributed by atoms with Crippen molar-refractivity contribution in [3.05, 3.63) is 68.5 Å². The molecule has 0 radical (unpaired) electrons. The standard InChI is InChI=1S/C31H36BrNO7/c1-8-39-26-15-20(11-21(32)30(26)38-7)28-27(31(35)40-16(2)3)17(4)33-22-12-19(13-23(34)29(22)28)18-9-10-24(36-5)25(14-18)37-6/h9-11,14-16,19,28,33H,8,12-13H2,1-7H3/t19-,28-/m0/s1. The third kappa shape index (κ3) is 5.70. The Morgan fingerprint density at radius 1 is 1.00 bits per heavy atom. The Labute approximate surface area is 243 Å². The second-order valence-corrected chi connectivity index (χ2v) is 10.9. The summed E-state index contributed by atoms with van der Waals surface area (Å²) in [7, 11) is 4.76. The quantitative estimate of drug-likeness (QED) is 0.335. The van der Waals surface area contributed by atoms with Crippen molar-refractivity contribution in [1.29, 1.82) is 0 Å². The highest BCUT2D eigenvalue weighted by Gasteiger charge is 2.42. The number of carbonyl (C=O) groups excluding carboxylic acids is 2. The van der Waals surface area contributed by atoms with E-state index in [4.69, 9.17) is 23.7 Å². The van der Waals surface area contributed by atoms with Crippen molar-refractivity contribution >= 4 is 27.7 Å². The number of ketones is 1. The van der Waals surface area contributed by atoms with Crippen molar-refractivity contribution in [2.75, 3.05) is 27.9 Å². The normalized spacial score (nSPS) is 18.8. The van der Waals surface area contributed by atoms with Crippen LogP contribution in [-0.4, -0.2) is 45.8 Å². The van der Waals surface area contributed by atoms with Crippen molar-refractivity contribution in [1.82, 2.24) is 5.32 Å². The molecular weight excluding hydrogens is 578 g/mol. The molecule has 8 nitrogen and oxygen atoms in total. The van der Waals surface area contributed by atoms with Crippen LogP contribution in [0.15, 0.2) is 57.3 Å². The number of esters is 1. The molecule has 0 aromatic heterocycles. The number of hydrogen-bond acceptors (Lipinski definition) is 8. The minimum Gasteiger partial charge on any atom is -0.493 e. The van der Waals surface area contributed by atoms with Gasteiger partial charge in [-0.1, -0.05) is 6.07 Å². The summed E-state index contributed by atoms with van der Waals surface area (Å²) in [5.41, 5.74) is 4.14. The summed E-state index contributed by atoms with van der Waals surface area (Å²) < 4.78 is 28.7. The molecule has 2 aromatic carbocycles. The molecule has 0 saturated heterocycles. The van der Waals surface area contributed by atoms with Crippen molar-refractivity contribution in [2.24, 2.45) is 0 Å². The van der Waals surface area contributed by atoms with Gasteiger partial charge in [-0.3, -0.25) is 4.79 Å². The molecule has 1 N–H and O–H groups in total. The first-order valence-electron chi connectivity index (χ1n) is 13.3. The van der Waals surface area contributed by atoms with E-state index in [-0.39, 0.29) is 24.2 Å².